The van der Waals surface area contributed by atoms with Gasteiger partial charge in [0.05, 0.1) is 18.3 Å². The zero-order valence-corrected chi connectivity index (χ0v) is 21.9. The Hall–Kier alpha value is -0.403. The van der Waals surface area contributed by atoms with Gasteiger partial charge in [0.1, 0.15) is 24.4 Å². The van der Waals surface area contributed by atoms with Gasteiger partial charge in [0, 0.05) is 14.5 Å². The van der Waals surface area contributed by atoms with Crippen LogP contribution in [0.3, 0.4) is 0 Å². The lowest BCUT2D eigenvalue weighted by molar-refractivity contribution is -0.217. The fraction of sp³-hybridized carbons (Fsp3) is 0.913. The molecule has 0 aromatic carbocycles. The number of aliphatic hydroxyl groups is 3. The molecule has 4 unspecified atom stereocenters. The van der Waals surface area contributed by atoms with E-state index in [1.807, 2.05) is 13.8 Å². The highest BCUT2D eigenvalue weighted by Crippen LogP contribution is 2.39. The van der Waals surface area contributed by atoms with Gasteiger partial charge in [-0.05, 0) is 40.2 Å². The second-order valence-corrected chi connectivity index (χ2v) is 17.0. The normalized spacial score (nSPS) is 41.8. The molecule has 0 aliphatic carbocycles. The van der Waals surface area contributed by atoms with Crippen LogP contribution >= 0.6 is 0 Å². The second-order valence-electron chi connectivity index (χ2n) is 11.4. The lowest BCUT2D eigenvalue weighted by Crippen LogP contribution is -2.37. The van der Waals surface area contributed by atoms with Crippen LogP contribution in [-0.2, 0) is 28.4 Å². The van der Waals surface area contributed by atoms with Crippen LogP contribution in [0.1, 0.15) is 40.5 Å². The molecule has 3 N–H and O–H groups in total. The smallest absolute Gasteiger partial charge is 0.190 e. The average Bonchev–Trinajstić information content (AvgIpc) is 3.28. The summed E-state index contributed by atoms with van der Waals surface area (Å²) in [5.41, 5.74) is 0. The van der Waals surface area contributed by atoms with E-state index in [2.05, 4.69) is 26.2 Å². The number of fused-ring (bicyclic) bond motifs is 2. The lowest BCUT2D eigenvalue weighted by Gasteiger charge is -2.26. The largest absolute Gasteiger partial charge is 0.393 e. The minimum absolute atomic E-state index is 0.251. The quantitative estimate of drug-likeness (QED) is 0.380. The maximum Gasteiger partial charge on any atom is 0.190 e. The van der Waals surface area contributed by atoms with Crippen LogP contribution in [0.15, 0.2) is 12.7 Å². The van der Waals surface area contributed by atoms with Gasteiger partial charge in [-0.3, -0.25) is 0 Å². The molecule has 0 bridgehead atoms. The lowest BCUT2D eigenvalue weighted by atomic mass is 10.1. The van der Waals surface area contributed by atoms with Crippen LogP contribution in [0.4, 0.5) is 0 Å². The zero-order valence-electron chi connectivity index (χ0n) is 20.9. The maximum atomic E-state index is 10.2. The van der Waals surface area contributed by atoms with E-state index >= 15 is 0 Å². The highest BCUT2D eigenvalue weighted by atomic mass is 28.3. The van der Waals surface area contributed by atoms with Gasteiger partial charge in [-0.2, -0.15) is 0 Å². The summed E-state index contributed by atoms with van der Waals surface area (Å²) in [6.07, 6.45) is -1.45. The Balaban J connectivity index is 0.000000194. The molecule has 33 heavy (non-hydrogen) atoms. The molecule has 4 aliphatic heterocycles. The number of hydrogen-bond donors (Lipinski definition) is 3. The molecule has 4 aliphatic rings. The van der Waals surface area contributed by atoms with Gasteiger partial charge in [0.2, 0.25) is 0 Å². The van der Waals surface area contributed by atoms with Crippen LogP contribution in [0, 0.1) is 0 Å². The van der Waals surface area contributed by atoms with Gasteiger partial charge in [-0.1, -0.05) is 25.7 Å². The van der Waals surface area contributed by atoms with Gasteiger partial charge >= 0.3 is 0 Å². The molecular weight excluding hydrogens is 448 g/mol. The summed E-state index contributed by atoms with van der Waals surface area (Å²) in [6.45, 7) is 17.5. The number of aliphatic hydroxyl groups excluding tert-OH is 3. The topological polar surface area (TPSA) is 116 Å². The Bertz CT molecular complexity index is 679. The van der Waals surface area contributed by atoms with Crippen molar-refractivity contribution in [3.63, 3.8) is 0 Å². The molecule has 4 rings (SSSR count). The Kier molecular flexibility index (Phi) is 8.18. The molecule has 192 valence electrons. The van der Waals surface area contributed by atoms with Crippen molar-refractivity contribution in [2.75, 3.05) is 0 Å². The van der Waals surface area contributed by atoms with Crippen molar-refractivity contribution in [2.45, 2.75) is 133 Å². The molecule has 4 saturated heterocycles. The van der Waals surface area contributed by atoms with Crippen LogP contribution in [-0.4, -0.2) is 90.3 Å². The van der Waals surface area contributed by atoms with Crippen molar-refractivity contribution >= 4 is 8.07 Å². The van der Waals surface area contributed by atoms with E-state index in [4.69, 9.17) is 28.4 Å². The second kappa shape index (κ2) is 9.92. The third-order valence-electron chi connectivity index (χ3n) is 5.98. The average molecular weight is 491 g/mol. The molecule has 0 amide bonds. The molecule has 10 heteroatoms. The molecule has 0 radical (unpaired) electrons. The number of rotatable bonds is 6. The summed E-state index contributed by atoms with van der Waals surface area (Å²) in [4.78, 5) is 0. The summed E-state index contributed by atoms with van der Waals surface area (Å²) in [5, 5.41) is 30.1. The highest BCUT2D eigenvalue weighted by Gasteiger charge is 2.55. The summed E-state index contributed by atoms with van der Waals surface area (Å²) < 4.78 is 33.4. The Labute approximate surface area is 198 Å². The van der Waals surface area contributed by atoms with E-state index in [-0.39, 0.29) is 12.2 Å². The Morgan fingerprint density at radius 2 is 1.30 bits per heavy atom. The van der Waals surface area contributed by atoms with E-state index in [1.54, 1.807) is 19.9 Å². The Morgan fingerprint density at radius 1 is 0.848 bits per heavy atom. The molecule has 9 atom stereocenters. The monoisotopic (exact) mass is 490 g/mol. The standard InChI is InChI=1S/C13H26O5Si.C10H16O4/c1-13(2)17-11-10(15)9(16-12(11)18-13)6-8(14)7-19(3,4)5;1-4-5-6-7(11)8-9(12-6)14-10(2,3)13-8/h8-12,14-15H,6-7H2,1-5H3;4,6-9,11H,1,5H2,2-3H3/t8?,9-,10+,11?,12-;6?,7-,8?,9+/m10/s1. The van der Waals surface area contributed by atoms with Crippen LogP contribution < -0.4 is 0 Å². The zero-order chi connectivity index (χ0) is 24.8. The number of hydrogen-bond acceptors (Lipinski definition) is 9. The van der Waals surface area contributed by atoms with E-state index < -0.39 is 62.7 Å². The van der Waals surface area contributed by atoms with Gasteiger partial charge in [0.25, 0.3) is 0 Å². The van der Waals surface area contributed by atoms with Crippen LogP contribution in [0.25, 0.3) is 0 Å². The van der Waals surface area contributed by atoms with E-state index in [0.717, 1.165) is 6.04 Å². The van der Waals surface area contributed by atoms with Crippen molar-refractivity contribution in [3.05, 3.63) is 12.7 Å². The summed E-state index contributed by atoms with van der Waals surface area (Å²) in [5.74, 6) is -1.37. The fourth-order valence-electron chi connectivity index (χ4n) is 4.73. The van der Waals surface area contributed by atoms with Gasteiger partial charge in [-0.25, -0.2) is 0 Å². The van der Waals surface area contributed by atoms with Gasteiger partial charge in [0.15, 0.2) is 24.2 Å². The third kappa shape index (κ3) is 6.84. The van der Waals surface area contributed by atoms with E-state index in [9.17, 15) is 15.3 Å². The molecule has 0 aromatic rings. The molecule has 0 spiro atoms. The van der Waals surface area contributed by atoms with Crippen LogP contribution in [0.5, 0.6) is 0 Å². The van der Waals surface area contributed by atoms with Gasteiger partial charge < -0.3 is 43.7 Å². The van der Waals surface area contributed by atoms with Crippen molar-refractivity contribution in [3.8, 4) is 0 Å². The first-order valence-electron chi connectivity index (χ1n) is 11.8. The molecule has 0 aromatic heterocycles. The first-order chi connectivity index (χ1) is 15.1. The minimum atomic E-state index is -1.32. The SMILES string of the molecule is C=CCC1O[C@@H]2OC(C)(C)OC2[C@H]1O.CC1(C)OC2[C@H](O[C@H](CC(O)C[Si](C)(C)C)[C@@H]2O)O1. The van der Waals surface area contributed by atoms with Crippen molar-refractivity contribution in [1.29, 1.82) is 0 Å². The molecular formula is C23H42O9Si. The molecule has 4 heterocycles. The van der Waals surface area contributed by atoms with Gasteiger partial charge in [-0.15, -0.1) is 6.58 Å². The van der Waals surface area contributed by atoms with E-state index in [1.165, 1.54) is 0 Å². The molecule has 9 nitrogen and oxygen atoms in total. The predicted octanol–water partition coefficient (Wildman–Crippen LogP) is 2.11. The number of ether oxygens (including phenoxy) is 6. The van der Waals surface area contributed by atoms with Crippen molar-refractivity contribution < 1.29 is 43.7 Å². The minimum Gasteiger partial charge on any atom is -0.393 e. The molecule has 4 fully saturated rings. The molecule has 0 saturated carbocycles. The van der Waals surface area contributed by atoms with E-state index in [0.29, 0.717) is 12.8 Å². The summed E-state index contributed by atoms with van der Waals surface area (Å²) in [7, 11) is -1.32. The van der Waals surface area contributed by atoms with Crippen molar-refractivity contribution in [1.82, 2.24) is 0 Å². The maximum absolute atomic E-state index is 10.2. The summed E-state index contributed by atoms with van der Waals surface area (Å²) in [6, 6.07) is 0.808. The predicted molar refractivity (Wildman–Crippen MR) is 123 cm³/mol. The highest BCUT2D eigenvalue weighted by molar-refractivity contribution is 6.76. The van der Waals surface area contributed by atoms with Crippen LogP contribution in [0.2, 0.25) is 25.7 Å². The first-order valence-corrected chi connectivity index (χ1v) is 15.5. The fourth-order valence-corrected chi connectivity index (χ4v) is 6.31. The van der Waals surface area contributed by atoms with Crippen molar-refractivity contribution in [2.24, 2.45) is 0 Å². The Morgan fingerprint density at radius 3 is 1.73 bits per heavy atom. The summed E-state index contributed by atoms with van der Waals surface area (Å²) >= 11 is 0. The first kappa shape index (κ1) is 27.2. The third-order valence-corrected chi connectivity index (χ3v) is 7.68.